The summed E-state index contributed by atoms with van der Waals surface area (Å²) in [6.07, 6.45) is 2.23. The van der Waals surface area contributed by atoms with Crippen LogP contribution in [0.2, 0.25) is 0 Å². The van der Waals surface area contributed by atoms with Gasteiger partial charge in [0.2, 0.25) is 5.91 Å². The van der Waals surface area contributed by atoms with Crippen LogP contribution in [0, 0.1) is 18.6 Å². The SMILES string of the molecule is Cc1cnn(CC(=O)NCC(O)c2ccc(F)c(F)c2)c1. The van der Waals surface area contributed by atoms with Crippen LogP contribution in [-0.4, -0.2) is 27.3 Å². The van der Waals surface area contributed by atoms with Gasteiger partial charge in [-0.2, -0.15) is 5.10 Å². The number of hydrogen-bond donors (Lipinski definition) is 2. The predicted molar refractivity (Wildman–Crippen MR) is 71.3 cm³/mol. The number of carbonyl (C=O) groups excluding carboxylic acids is 1. The van der Waals surface area contributed by atoms with Crippen LogP contribution in [0.4, 0.5) is 8.78 Å². The molecule has 0 radical (unpaired) electrons. The van der Waals surface area contributed by atoms with Crippen LogP contribution < -0.4 is 5.32 Å². The smallest absolute Gasteiger partial charge is 0.241 e. The lowest BCUT2D eigenvalue weighted by Crippen LogP contribution is -2.31. The molecule has 21 heavy (non-hydrogen) atoms. The van der Waals surface area contributed by atoms with E-state index >= 15 is 0 Å². The van der Waals surface area contributed by atoms with Crippen molar-refractivity contribution in [2.45, 2.75) is 19.6 Å². The number of carbonyl (C=O) groups is 1. The number of aliphatic hydroxyl groups is 1. The second kappa shape index (κ2) is 6.45. The summed E-state index contributed by atoms with van der Waals surface area (Å²) in [5.41, 5.74) is 1.13. The molecule has 0 fully saturated rings. The predicted octanol–water partition coefficient (Wildman–Crippen LogP) is 1.32. The van der Waals surface area contributed by atoms with Crippen LogP contribution in [0.5, 0.6) is 0 Å². The number of hydrogen-bond acceptors (Lipinski definition) is 3. The highest BCUT2D eigenvalue weighted by atomic mass is 19.2. The van der Waals surface area contributed by atoms with Crippen molar-refractivity contribution in [3.05, 3.63) is 53.4 Å². The number of aliphatic hydroxyl groups excluding tert-OH is 1. The van der Waals surface area contributed by atoms with Gasteiger partial charge in [0.25, 0.3) is 0 Å². The molecular weight excluding hydrogens is 280 g/mol. The first kappa shape index (κ1) is 15.1. The van der Waals surface area contributed by atoms with E-state index in [0.29, 0.717) is 0 Å². The van der Waals surface area contributed by atoms with E-state index in [2.05, 4.69) is 10.4 Å². The Morgan fingerprint density at radius 3 is 2.81 bits per heavy atom. The van der Waals surface area contributed by atoms with Gasteiger partial charge in [0.1, 0.15) is 6.54 Å². The maximum Gasteiger partial charge on any atom is 0.241 e. The van der Waals surface area contributed by atoms with Crippen LogP contribution in [0.25, 0.3) is 0 Å². The van der Waals surface area contributed by atoms with E-state index in [4.69, 9.17) is 0 Å². The molecule has 5 nitrogen and oxygen atoms in total. The van der Waals surface area contributed by atoms with Gasteiger partial charge < -0.3 is 10.4 Å². The molecule has 0 spiro atoms. The molecule has 1 aromatic carbocycles. The molecule has 1 amide bonds. The van der Waals surface area contributed by atoms with Crippen LogP contribution in [0.1, 0.15) is 17.2 Å². The average molecular weight is 295 g/mol. The maximum atomic E-state index is 13.0. The Kier molecular flexibility index (Phi) is 4.64. The summed E-state index contributed by atoms with van der Waals surface area (Å²) in [6.45, 7) is 1.79. The highest BCUT2D eigenvalue weighted by Gasteiger charge is 2.12. The Morgan fingerprint density at radius 1 is 1.43 bits per heavy atom. The van der Waals surface area contributed by atoms with E-state index in [1.165, 1.54) is 10.7 Å². The number of aromatic nitrogens is 2. The molecule has 0 saturated carbocycles. The van der Waals surface area contributed by atoms with E-state index in [0.717, 1.165) is 17.7 Å². The molecular formula is C14H15F2N3O2. The van der Waals surface area contributed by atoms with Crippen molar-refractivity contribution in [2.24, 2.45) is 0 Å². The molecule has 0 aliphatic carbocycles. The molecule has 2 aromatic rings. The highest BCUT2D eigenvalue weighted by molar-refractivity contribution is 5.75. The first-order chi connectivity index (χ1) is 9.95. The summed E-state index contributed by atoms with van der Waals surface area (Å²) < 4.78 is 27.3. The lowest BCUT2D eigenvalue weighted by molar-refractivity contribution is -0.122. The van der Waals surface area contributed by atoms with Gasteiger partial charge in [-0.05, 0) is 30.2 Å². The lowest BCUT2D eigenvalue weighted by atomic mass is 10.1. The fourth-order valence-corrected chi connectivity index (χ4v) is 1.80. The molecule has 112 valence electrons. The van der Waals surface area contributed by atoms with Crippen LogP contribution >= 0.6 is 0 Å². The molecule has 1 atom stereocenters. The molecule has 0 aliphatic heterocycles. The third kappa shape index (κ3) is 4.09. The minimum Gasteiger partial charge on any atom is -0.387 e. The number of amides is 1. The van der Waals surface area contributed by atoms with Crippen molar-refractivity contribution in [1.29, 1.82) is 0 Å². The zero-order valence-corrected chi connectivity index (χ0v) is 11.4. The monoisotopic (exact) mass is 295 g/mol. The van der Waals surface area contributed by atoms with E-state index in [1.54, 1.807) is 12.4 Å². The van der Waals surface area contributed by atoms with Gasteiger partial charge in [-0.15, -0.1) is 0 Å². The summed E-state index contributed by atoms with van der Waals surface area (Å²) >= 11 is 0. The van der Waals surface area contributed by atoms with E-state index < -0.39 is 17.7 Å². The molecule has 1 heterocycles. The van der Waals surface area contributed by atoms with Crippen molar-refractivity contribution in [1.82, 2.24) is 15.1 Å². The number of nitrogens with one attached hydrogen (secondary N) is 1. The average Bonchev–Trinajstić information content (AvgIpc) is 2.84. The van der Waals surface area contributed by atoms with Crippen LogP contribution in [-0.2, 0) is 11.3 Å². The fourth-order valence-electron chi connectivity index (χ4n) is 1.80. The molecule has 0 aliphatic rings. The second-order valence-electron chi connectivity index (χ2n) is 4.71. The third-order valence-electron chi connectivity index (χ3n) is 2.89. The molecule has 1 aromatic heterocycles. The highest BCUT2D eigenvalue weighted by Crippen LogP contribution is 2.15. The Bertz CT molecular complexity index is 643. The number of halogens is 2. The number of nitrogens with zero attached hydrogens (tertiary/aromatic N) is 2. The normalized spacial score (nSPS) is 12.2. The lowest BCUT2D eigenvalue weighted by Gasteiger charge is -2.12. The van der Waals surface area contributed by atoms with E-state index in [9.17, 15) is 18.7 Å². The van der Waals surface area contributed by atoms with Crippen molar-refractivity contribution < 1.29 is 18.7 Å². The zero-order valence-electron chi connectivity index (χ0n) is 11.4. The minimum absolute atomic E-state index is 0.0261. The van der Waals surface area contributed by atoms with Gasteiger partial charge >= 0.3 is 0 Å². The molecule has 2 N–H and O–H groups in total. The standard InChI is InChI=1S/C14H15F2N3O2/c1-9-5-18-19(7-9)8-14(21)17-6-13(20)10-2-3-11(15)12(16)4-10/h2-5,7,13,20H,6,8H2,1H3,(H,17,21). The minimum atomic E-state index is -1.11. The van der Waals surface area contributed by atoms with Crippen LogP contribution in [0.3, 0.4) is 0 Å². The molecule has 7 heteroatoms. The van der Waals surface area contributed by atoms with Gasteiger partial charge in [0, 0.05) is 12.7 Å². The summed E-state index contributed by atoms with van der Waals surface area (Å²) in [6, 6.07) is 3.11. The number of aryl methyl sites for hydroxylation is 1. The Hall–Kier alpha value is -2.28. The van der Waals surface area contributed by atoms with Crippen molar-refractivity contribution in [2.75, 3.05) is 6.54 Å². The summed E-state index contributed by atoms with van der Waals surface area (Å²) in [7, 11) is 0. The summed E-state index contributed by atoms with van der Waals surface area (Å²) in [5.74, 6) is -2.35. The Labute approximate surface area is 120 Å². The van der Waals surface area contributed by atoms with Crippen molar-refractivity contribution >= 4 is 5.91 Å². The third-order valence-corrected chi connectivity index (χ3v) is 2.89. The number of benzene rings is 1. The molecule has 0 bridgehead atoms. The number of rotatable bonds is 5. The van der Waals surface area contributed by atoms with Gasteiger partial charge in [-0.25, -0.2) is 8.78 Å². The molecule has 0 saturated heterocycles. The first-order valence-electron chi connectivity index (χ1n) is 6.34. The second-order valence-corrected chi connectivity index (χ2v) is 4.71. The summed E-state index contributed by atoms with van der Waals surface area (Å²) in [4.78, 5) is 11.7. The Morgan fingerprint density at radius 2 is 2.19 bits per heavy atom. The largest absolute Gasteiger partial charge is 0.387 e. The molecule has 1 unspecified atom stereocenters. The maximum absolute atomic E-state index is 13.0. The fraction of sp³-hybridized carbons (Fsp3) is 0.286. The van der Waals surface area contributed by atoms with E-state index in [-0.39, 0.29) is 24.6 Å². The topological polar surface area (TPSA) is 67.2 Å². The van der Waals surface area contributed by atoms with Gasteiger partial charge in [0.05, 0.1) is 12.3 Å². The van der Waals surface area contributed by atoms with Gasteiger partial charge in [-0.3, -0.25) is 9.48 Å². The Balaban J connectivity index is 1.86. The molecule has 2 rings (SSSR count). The van der Waals surface area contributed by atoms with Crippen molar-refractivity contribution in [3.63, 3.8) is 0 Å². The van der Waals surface area contributed by atoms with E-state index in [1.807, 2.05) is 6.92 Å². The zero-order chi connectivity index (χ0) is 15.4. The first-order valence-corrected chi connectivity index (χ1v) is 6.34. The summed E-state index contributed by atoms with van der Waals surface area (Å²) in [5, 5.41) is 16.3. The van der Waals surface area contributed by atoms with Crippen LogP contribution in [0.15, 0.2) is 30.6 Å². The van der Waals surface area contributed by atoms with Crippen molar-refractivity contribution in [3.8, 4) is 0 Å². The van der Waals surface area contributed by atoms with Gasteiger partial charge in [0.15, 0.2) is 11.6 Å². The van der Waals surface area contributed by atoms with Gasteiger partial charge in [-0.1, -0.05) is 6.07 Å². The quantitative estimate of drug-likeness (QED) is 0.874.